The summed E-state index contributed by atoms with van der Waals surface area (Å²) in [5, 5.41) is 10.3. The molecule has 0 saturated heterocycles. The third-order valence-corrected chi connectivity index (χ3v) is 7.72. The maximum absolute atomic E-state index is 10.3. The number of benzene rings is 1. The first kappa shape index (κ1) is 24.3. The summed E-state index contributed by atoms with van der Waals surface area (Å²) in [5.41, 5.74) is 2.36. The van der Waals surface area contributed by atoms with Crippen molar-refractivity contribution in [2.24, 2.45) is 5.41 Å². The topological polar surface area (TPSA) is 29.5 Å². The fraction of sp³-hybridized carbons (Fsp3) is 0.600. The van der Waals surface area contributed by atoms with Gasteiger partial charge in [0, 0.05) is 15.5 Å². The Bertz CT molecular complexity index is 760. The average Bonchev–Trinajstić information content (AvgIpc) is 3.12. The van der Waals surface area contributed by atoms with E-state index < -0.39 is 6.10 Å². The van der Waals surface area contributed by atoms with E-state index in [1.165, 1.54) is 15.3 Å². The molecule has 1 aromatic heterocycles. The third-order valence-electron chi connectivity index (χ3n) is 5.72. The Balaban J connectivity index is 2.18. The van der Waals surface area contributed by atoms with Crippen LogP contribution < -0.4 is 4.74 Å². The normalized spacial score (nSPS) is 15.2. The highest BCUT2D eigenvalue weighted by atomic mass is 32.2. The SMILES string of the molecule is CCC(c1ccc(OCC(O)C(C)(C)C)c(C)c1)C(CC)c1ccc(CSC)s1. The standard InChI is InChI=1S/C25H38O2S2/c1-8-20(21(9-2)23-13-11-19(29-23)16-28-7)18-10-12-22(17(3)14-18)27-15-24(26)25(4,5)6/h10-14,20-21,24,26H,8-9,15-16H2,1-7H3. The number of hydrogen-bond acceptors (Lipinski definition) is 4. The van der Waals surface area contributed by atoms with Gasteiger partial charge in [-0.1, -0.05) is 46.8 Å². The molecular formula is C25H38O2S2. The summed E-state index contributed by atoms with van der Waals surface area (Å²) >= 11 is 3.86. The summed E-state index contributed by atoms with van der Waals surface area (Å²) in [6.07, 6.45) is 3.95. The van der Waals surface area contributed by atoms with E-state index in [9.17, 15) is 5.11 Å². The molecule has 29 heavy (non-hydrogen) atoms. The van der Waals surface area contributed by atoms with Gasteiger partial charge in [-0.2, -0.15) is 11.8 Å². The highest BCUT2D eigenvalue weighted by molar-refractivity contribution is 7.97. The number of hydrogen-bond donors (Lipinski definition) is 1. The molecule has 3 unspecified atom stereocenters. The number of aryl methyl sites for hydroxylation is 1. The predicted octanol–water partition coefficient (Wildman–Crippen LogP) is 7.39. The van der Waals surface area contributed by atoms with Gasteiger partial charge in [-0.3, -0.25) is 0 Å². The Morgan fingerprint density at radius 2 is 1.76 bits per heavy atom. The minimum Gasteiger partial charge on any atom is -0.491 e. The molecule has 2 rings (SSSR count). The van der Waals surface area contributed by atoms with Gasteiger partial charge in [-0.25, -0.2) is 0 Å². The summed E-state index contributed by atoms with van der Waals surface area (Å²) in [6.45, 7) is 13.1. The van der Waals surface area contributed by atoms with Gasteiger partial charge in [0.2, 0.25) is 0 Å². The quantitative estimate of drug-likeness (QED) is 0.422. The van der Waals surface area contributed by atoms with Crippen LogP contribution in [0.25, 0.3) is 0 Å². The molecule has 0 saturated carbocycles. The molecule has 2 aromatic rings. The molecule has 2 nitrogen and oxygen atoms in total. The van der Waals surface area contributed by atoms with Crippen molar-refractivity contribution in [3.05, 3.63) is 51.2 Å². The summed E-state index contributed by atoms with van der Waals surface area (Å²) < 4.78 is 5.94. The zero-order valence-electron chi connectivity index (χ0n) is 19.1. The second-order valence-corrected chi connectivity index (χ2v) is 11.1. The largest absolute Gasteiger partial charge is 0.491 e. The van der Waals surface area contributed by atoms with Gasteiger partial charge in [-0.15, -0.1) is 11.3 Å². The number of thioether (sulfide) groups is 1. The van der Waals surface area contributed by atoms with E-state index in [-0.39, 0.29) is 5.41 Å². The van der Waals surface area contributed by atoms with Crippen molar-refractivity contribution >= 4 is 23.1 Å². The van der Waals surface area contributed by atoms with Crippen LogP contribution in [0.4, 0.5) is 0 Å². The molecule has 0 radical (unpaired) electrons. The average molecular weight is 435 g/mol. The number of ether oxygens (including phenoxy) is 1. The molecule has 162 valence electrons. The van der Waals surface area contributed by atoms with Crippen molar-refractivity contribution < 1.29 is 9.84 Å². The molecule has 0 aliphatic carbocycles. The maximum atomic E-state index is 10.3. The molecule has 0 aliphatic rings. The Hall–Kier alpha value is -0.970. The van der Waals surface area contributed by atoms with Crippen LogP contribution in [0, 0.1) is 12.3 Å². The van der Waals surface area contributed by atoms with Crippen LogP contribution in [0.15, 0.2) is 30.3 Å². The van der Waals surface area contributed by atoms with E-state index in [0.29, 0.717) is 18.4 Å². The summed E-state index contributed by atoms with van der Waals surface area (Å²) in [6, 6.07) is 11.2. The molecule has 0 fully saturated rings. The minimum absolute atomic E-state index is 0.175. The molecule has 4 heteroatoms. The van der Waals surface area contributed by atoms with Crippen molar-refractivity contribution in [3.63, 3.8) is 0 Å². The Morgan fingerprint density at radius 3 is 2.31 bits per heavy atom. The molecular weight excluding hydrogens is 396 g/mol. The lowest BCUT2D eigenvalue weighted by molar-refractivity contribution is 0.0216. The Labute approximate surface area is 186 Å². The van der Waals surface area contributed by atoms with Gasteiger partial charge < -0.3 is 9.84 Å². The van der Waals surface area contributed by atoms with E-state index in [4.69, 9.17) is 4.74 Å². The predicted molar refractivity (Wildman–Crippen MR) is 130 cm³/mol. The maximum Gasteiger partial charge on any atom is 0.122 e. The van der Waals surface area contributed by atoms with Crippen LogP contribution in [0.1, 0.15) is 80.2 Å². The van der Waals surface area contributed by atoms with Crippen LogP contribution >= 0.6 is 23.1 Å². The second-order valence-electron chi connectivity index (χ2n) is 8.98. The van der Waals surface area contributed by atoms with Crippen molar-refractivity contribution in [3.8, 4) is 5.75 Å². The monoisotopic (exact) mass is 434 g/mol. The summed E-state index contributed by atoms with van der Waals surface area (Å²) in [4.78, 5) is 2.98. The first-order valence-electron chi connectivity index (χ1n) is 10.7. The summed E-state index contributed by atoms with van der Waals surface area (Å²) in [7, 11) is 0. The van der Waals surface area contributed by atoms with Gasteiger partial charge in [-0.05, 0) is 72.6 Å². The number of rotatable bonds is 10. The molecule has 3 atom stereocenters. The fourth-order valence-corrected chi connectivity index (χ4v) is 5.76. The number of aliphatic hydroxyl groups is 1. The highest BCUT2D eigenvalue weighted by Crippen LogP contribution is 2.42. The molecule has 0 aliphatic heterocycles. The Kier molecular flexibility index (Phi) is 9.12. The lowest BCUT2D eigenvalue weighted by atomic mass is 9.81. The molecule has 1 aromatic carbocycles. The van der Waals surface area contributed by atoms with Crippen molar-refractivity contribution in [2.45, 2.75) is 78.1 Å². The number of thiophene rings is 1. The zero-order chi connectivity index (χ0) is 21.6. The third kappa shape index (κ3) is 6.50. The molecule has 1 N–H and O–H groups in total. The first-order chi connectivity index (χ1) is 13.7. The van der Waals surface area contributed by atoms with Crippen LogP contribution in [-0.4, -0.2) is 24.1 Å². The van der Waals surface area contributed by atoms with Crippen LogP contribution in [0.2, 0.25) is 0 Å². The van der Waals surface area contributed by atoms with Crippen LogP contribution in [0.5, 0.6) is 5.75 Å². The zero-order valence-corrected chi connectivity index (χ0v) is 20.8. The van der Waals surface area contributed by atoms with Crippen molar-refractivity contribution in [1.29, 1.82) is 0 Å². The Morgan fingerprint density at radius 1 is 1.07 bits per heavy atom. The van der Waals surface area contributed by atoms with E-state index in [1.807, 2.05) is 43.9 Å². The lowest BCUT2D eigenvalue weighted by Gasteiger charge is -2.27. The van der Waals surface area contributed by atoms with E-state index in [0.717, 1.165) is 29.9 Å². The molecule has 0 bridgehead atoms. The smallest absolute Gasteiger partial charge is 0.122 e. The van der Waals surface area contributed by atoms with E-state index >= 15 is 0 Å². The lowest BCUT2D eigenvalue weighted by Crippen LogP contribution is -2.32. The number of aliphatic hydroxyl groups excluding tert-OH is 1. The molecule has 1 heterocycles. The van der Waals surface area contributed by atoms with Gasteiger partial charge in [0.1, 0.15) is 12.4 Å². The van der Waals surface area contributed by atoms with Gasteiger partial charge in [0.15, 0.2) is 0 Å². The molecule has 0 spiro atoms. The minimum atomic E-state index is -0.483. The van der Waals surface area contributed by atoms with E-state index in [1.54, 1.807) is 0 Å². The second kappa shape index (κ2) is 10.9. The fourth-order valence-electron chi connectivity index (χ4n) is 3.73. The van der Waals surface area contributed by atoms with Crippen LogP contribution in [-0.2, 0) is 5.75 Å². The summed E-state index contributed by atoms with van der Waals surface area (Å²) in [5.74, 6) is 3.03. The highest BCUT2D eigenvalue weighted by Gasteiger charge is 2.25. The van der Waals surface area contributed by atoms with Crippen molar-refractivity contribution in [1.82, 2.24) is 0 Å². The van der Waals surface area contributed by atoms with Gasteiger partial charge in [0.05, 0.1) is 6.10 Å². The van der Waals surface area contributed by atoms with Gasteiger partial charge in [0.25, 0.3) is 0 Å². The van der Waals surface area contributed by atoms with E-state index in [2.05, 4.69) is 57.4 Å². The van der Waals surface area contributed by atoms with Crippen molar-refractivity contribution in [2.75, 3.05) is 12.9 Å². The molecule has 0 amide bonds. The first-order valence-corrected chi connectivity index (χ1v) is 12.9. The van der Waals surface area contributed by atoms with Crippen LogP contribution in [0.3, 0.4) is 0 Å². The van der Waals surface area contributed by atoms with Gasteiger partial charge >= 0.3 is 0 Å².